The molecule has 0 heterocycles. The van der Waals surface area contributed by atoms with E-state index in [-0.39, 0.29) is 38.0 Å². The van der Waals surface area contributed by atoms with Crippen molar-refractivity contribution in [3.05, 3.63) is 11.9 Å². The summed E-state index contributed by atoms with van der Waals surface area (Å²) in [6.07, 6.45) is 1.06. The van der Waals surface area contributed by atoms with Crippen LogP contribution in [0.5, 0.6) is 0 Å². The first-order valence-electron chi connectivity index (χ1n) is 5.05. The highest BCUT2D eigenvalue weighted by Gasteiger charge is 2.07. The van der Waals surface area contributed by atoms with Crippen molar-refractivity contribution in [1.82, 2.24) is 5.32 Å². The maximum atomic E-state index is 11.2. The first-order chi connectivity index (χ1) is 7.95. The van der Waals surface area contributed by atoms with Crippen LogP contribution < -0.4 is 11.1 Å². The predicted octanol–water partition coefficient (Wildman–Crippen LogP) is -0.325. The molecular formula is C10H16N2O5. The van der Waals surface area contributed by atoms with Crippen molar-refractivity contribution >= 4 is 17.7 Å². The number of nitrogens with two attached hydrogens (primary N) is 1. The standard InChI is InChI=1S/C10H16N2O5/c11-5-7(1-3-9(14)15)12-6-8(13)2-4-10(16)17/h5,12H,1-4,6,11H2,(H,14,15)(H,16,17)/b7-5-. The van der Waals surface area contributed by atoms with Gasteiger partial charge in [0.25, 0.3) is 0 Å². The summed E-state index contributed by atoms with van der Waals surface area (Å²) < 4.78 is 0. The van der Waals surface area contributed by atoms with Crippen LogP contribution in [0.15, 0.2) is 11.9 Å². The van der Waals surface area contributed by atoms with Gasteiger partial charge in [0.1, 0.15) is 0 Å². The summed E-state index contributed by atoms with van der Waals surface area (Å²) in [4.78, 5) is 31.7. The Labute approximate surface area is 98.3 Å². The van der Waals surface area contributed by atoms with Gasteiger partial charge in [0.05, 0.1) is 19.4 Å². The van der Waals surface area contributed by atoms with Gasteiger partial charge in [-0.3, -0.25) is 14.4 Å². The average molecular weight is 244 g/mol. The molecule has 0 rings (SSSR count). The van der Waals surface area contributed by atoms with Crippen molar-refractivity contribution in [2.75, 3.05) is 6.54 Å². The van der Waals surface area contributed by atoms with Crippen molar-refractivity contribution < 1.29 is 24.6 Å². The molecule has 0 spiro atoms. The zero-order chi connectivity index (χ0) is 13.3. The Morgan fingerprint density at radius 2 is 1.53 bits per heavy atom. The molecule has 7 nitrogen and oxygen atoms in total. The fraction of sp³-hybridized carbons (Fsp3) is 0.500. The van der Waals surface area contributed by atoms with E-state index in [0.717, 1.165) is 0 Å². The van der Waals surface area contributed by atoms with Crippen LogP contribution in [0.3, 0.4) is 0 Å². The monoisotopic (exact) mass is 244 g/mol. The molecule has 17 heavy (non-hydrogen) atoms. The van der Waals surface area contributed by atoms with Crippen LogP contribution >= 0.6 is 0 Å². The molecule has 0 aliphatic carbocycles. The molecule has 0 bridgehead atoms. The summed E-state index contributed by atoms with van der Waals surface area (Å²) in [5.41, 5.74) is 5.70. The third kappa shape index (κ3) is 8.91. The van der Waals surface area contributed by atoms with E-state index in [4.69, 9.17) is 15.9 Å². The van der Waals surface area contributed by atoms with E-state index in [1.807, 2.05) is 0 Å². The molecule has 0 aromatic heterocycles. The smallest absolute Gasteiger partial charge is 0.303 e. The van der Waals surface area contributed by atoms with Gasteiger partial charge in [0, 0.05) is 18.3 Å². The molecule has 0 fully saturated rings. The number of hydrogen-bond acceptors (Lipinski definition) is 5. The van der Waals surface area contributed by atoms with Crippen LogP contribution in [0, 0.1) is 0 Å². The van der Waals surface area contributed by atoms with Crippen molar-refractivity contribution in [1.29, 1.82) is 0 Å². The highest BCUT2D eigenvalue weighted by molar-refractivity contribution is 5.84. The molecule has 0 aromatic carbocycles. The number of allylic oxidation sites excluding steroid dienone is 1. The van der Waals surface area contributed by atoms with E-state index in [1.54, 1.807) is 0 Å². The van der Waals surface area contributed by atoms with Crippen LogP contribution in [-0.4, -0.2) is 34.5 Å². The lowest BCUT2D eigenvalue weighted by Crippen LogP contribution is -2.24. The van der Waals surface area contributed by atoms with Crippen molar-refractivity contribution in [3.8, 4) is 0 Å². The van der Waals surface area contributed by atoms with E-state index >= 15 is 0 Å². The topological polar surface area (TPSA) is 130 Å². The molecule has 0 aliphatic rings. The van der Waals surface area contributed by atoms with Crippen LogP contribution in [-0.2, 0) is 14.4 Å². The highest BCUT2D eigenvalue weighted by Crippen LogP contribution is 2.00. The van der Waals surface area contributed by atoms with Gasteiger partial charge in [-0.1, -0.05) is 0 Å². The Bertz CT molecular complexity index is 325. The lowest BCUT2D eigenvalue weighted by Gasteiger charge is -2.08. The zero-order valence-electron chi connectivity index (χ0n) is 9.31. The summed E-state index contributed by atoms with van der Waals surface area (Å²) in [6, 6.07) is 0. The molecule has 0 radical (unpaired) electrons. The highest BCUT2D eigenvalue weighted by atomic mass is 16.4. The van der Waals surface area contributed by atoms with Crippen LogP contribution in [0.4, 0.5) is 0 Å². The Kier molecular flexibility index (Phi) is 7.16. The second kappa shape index (κ2) is 8.14. The molecule has 5 N–H and O–H groups in total. The van der Waals surface area contributed by atoms with Crippen molar-refractivity contribution in [2.45, 2.75) is 25.7 Å². The SMILES string of the molecule is N/C=C(/CCC(=O)O)NCC(=O)CCC(=O)O. The molecule has 0 aliphatic heterocycles. The minimum Gasteiger partial charge on any atom is -0.481 e. The number of carboxylic acid groups (broad SMARTS) is 2. The summed E-state index contributed by atoms with van der Waals surface area (Å²) in [7, 11) is 0. The molecule has 0 amide bonds. The molecule has 0 unspecified atom stereocenters. The van der Waals surface area contributed by atoms with Gasteiger partial charge in [-0.05, 0) is 6.42 Å². The van der Waals surface area contributed by atoms with Gasteiger partial charge in [0.15, 0.2) is 5.78 Å². The Morgan fingerprint density at radius 3 is 2.00 bits per heavy atom. The fourth-order valence-electron chi connectivity index (χ4n) is 1.02. The second-order valence-electron chi connectivity index (χ2n) is 3.37. The van der Waals surface area contributed by atoms with Crippen molar-refractivity contribution in [2.24, 2.45) is 5.73 Å². The number of carbonyl (C=O) groups excluding carboxylic acids is 1. The largest absolute Gasteiger partial charge is 0.481 e. The van der Waals surface area contributed by atoms with Crippen LogP contribution in [0.25, 0.3) is 0 Å². The number of nitrogens with one attached hydrogen (secondary N) is 1. The van der Waals surface area contributed by atoms with E-state index in [2.05, 4.69) is 5.32 Å². The Balaban J connectivity index is 3.86. The number of ketones is 1. The fourth-order valence-corrected chi connectivity index (χ4v) is 1.02. The Morgan fingerprint density at radius 1 is 1.00 bits per heavy atom. The van der Waals surface area contributed by atoms with E-state index < -0.39 is 11.9 Å². The molecule has 0 aromatic rings. The van der Waals surface area contributed by atoms with E-state index in [0.29, 0.717) is 5.70 Å². The number of hydrogen-bond donors (Lipinski definition) is 4. The number of carboxylic acids is 2. The number of carbonyl (C=O) groups is 3. The quantitative estimate of drug-likeness (QED) is 0.437. The van der Waals surface area contributed by atoms with Gasteiger partial charge >= 0.3 is 11.9 Å². The molecule has 0 saturated heterocycles. The minimum atomic E-state index is -1.03. The van der Waals surface area contributed by atoms with E-state index in [1.165, 1.54) is 6.20 Å². The first kappa shape index (κ1) is 14.9. The number of aliphatic carboxylic acids is 2. The third-order valence-electron chi connectivity index (χ3n) is 1.94. The molecule has 0 saturated carbocycles. The van der Waals surface area contributed by atoms with Gasteiger partial charge in [-0.2, -0.15) is 0 Å². The predicted molar refractivity (Wildman–Crippen MR) is 59.0 cm³/mol. The van der Waals surface area contributed by atoms with Crippen LogP contribution in [0.1, 0.15) is 25.7 Å². The molecule has 0 atom stereocenters. The summed E-state index contributed by atoms with van der Waals surface area (Å²) in [5, 5.41) is 19.5. The summed E-state index contributed by atoms with van der Waals surface area (Å²) in [6.45, 7) is -0.0457. The third-order valence-corrected chi connectivity index (χ3v) is 1.94. The normalized spacial score (nSPS) is 10.9. The van der Waals surface area contributed by atoms with Gasteiger partial charge < -0.3 is 21.3 Å². The molecular weight excluding hydrogens is 228 g/mol. The number of Topliss-reactive ketones (excluding diaryl/α,β-unsaturated/α-hetero) is 1. The van der Waals surface area contributed by atoms with Gasteiger partial charge in [-0.15, -0.1) is 0 Å². The zero-order valence-corrected chi connectivity index (χ0v) is 9.31. The molecule has 7 heteroatoms. The molecule has 96 valence electrons. The Hall–Kier alpha value is -2.05. The average Bonchev–Trinajstić information content (AvgIpc) is 2.26. The first-order valence-corrected chi connectivity index (χ1v) is 5.05. The van der Waals surface area contributed by atoms with Crippen LogP contribution in [0.2, 0.25) is 0 Å². The van der Waals surface area contributed by atoms with Gasteiger partial charge in [-0.25, -0.2) is 0 Å². The van der Waals surface area contributed by atoms with Gasteiger partial charge in [0.2, 0.25) is 0 Å². The lowest BCUT2D eigenvalue weighted by atomic mass is 10.2. The summed E-state index contributed by atoms with van der Waals surface area (Å²) in [5.74, 6) is -2.25. The maximum absolute atomic E-state index is 11.2. The second-order valence-corrected chi connectivity index (χ2v) is 3.37. The van der Waals surface area contributed by atoms with E-state index in [9.17, 15) is 14.4 Å². The van der Waals surface area contributed by atoms with Crippen molar-refractivity contribution in [3.63, 3.8) is 0 Å². The minimum absolute atomic E-state index is 0.0457. The summed E-state index contributed by atoms with van der Waals surface area (Å²) >= 11 is 0. The number of rotatable bonds is 9. The lowest BCUT2D eigenvalue weighted by molar-refractivity contribution is -0.138. The maximum Gasteiger partial charge on any atom is 0.303 e.